The second-order valence-electron chi connectivity index (χ2n) is 5.83. The van der Waals surface area contributed by atoms with Gasteiger partial charge < -0.3 is 19.3 Å². The van der Waals surface area contributed by atoms with Gasteiger partial charge in [0, 0.05) is 6.54 Å². The van der Waals surface area contributed by atoms with Crippen LogP contribution in [0.2, 0.25) is 0 Å². The first-order valence-electron chi connectivity index (χ1n) is 6.25. The minimum Gasteiger partial charge on any atom is -0.465 e. The Labute approximate surface area is 108 Å². The summed E-state index contributed by atoms with van der Waals surface area (Å²) in [6.45, 7) is 8.27. The largest absolute Gasteiger partial charge is 0.482 e. The first kappa shape index (κ1) is 13.4. The maximum Gasteiger partial charge on any atom is 0.482 e. The first-order chi connectivity index (χ1) is 8.24. The summed E-state index contributed by atoms with van der Waals surface area (Å²) in [5.41, 5.74) is -0.855. The predicted molar refractivity (Wildman–Crippen MR) is 68.4 cm³/mol. The molecule has 0 aromatic heterocycles. The average Bonchev–Trinajstić information content (AvgIpc) is 2.48. The molecule has 1 fully saturated rings. The standard InChI is InChI=1S/C12H20BNO4/c1-11(2)12(3,4)18-13(17-11)9-7-5-6-8-14(9)10(15)16/h5-6,9H,7-8H2,1-4H3,(H,15,16). The molecule has 2 aliphatic rings. The zero-order valence-corrected chi connectivity index (χ0v) is 11.3. The van der Waals surface area contributed by atoms with Crippen molar-refractivity contribution in [3.05, 3.63) is 12.2 Å². The Kier molecular flexibility index (Phi) is 3.19. The quantitative estimate of drug-likeness (QED) is 0.573. The third-order valence-corrected chi connectivity index (χ3v) is 4.08. The SMILES string of the molecule is CC1(C)OB(C2CC=CCN2C(=O)O)OC1(C)C. The van der Waals surface area contributed by atoms with E-state index in [4.69, 9.17) is 9.31 Å². The van der Waals surface area contributed by atoms with Crippen LogP contribution >= 0.6 is 0 Å². The third kappa shape index (κ3) is 2.15. The Balaban J connectivity index is 2.18. The summed E-state index contributed by atoms with van der Waals surface area (Å²) in [7, 11) is -0.504. The summed E-state index contributed by atoms with van der Waals surface area (Å²) in [6, 6.07) is 0. The topological polar surface area (TPSA) is 59.0 Å². The molecule has 1 unspecified atom stereocenters. The van der Waals surface area contributed by atoms with Crippen LogP contribution in [-0.4, -0.2) is 46.9 Å². The van der Waals surface area contributed by atoms with Crippen molar-refractivity contribution in [1.29, 1.82) is 0 Å². The van der Waals surface area contributed by atoms with Crippen LogP contribution in [0.4, 0.5) is 4.79 Å². The lowest BCUT2D eigenvalue weighted by molar-refractivity contribution is 0.00578. The molecule has 1 N–H and O–H groups in total. The summed E-state index contributed by atoms with van der Waals surface area (Å²) >= 11 is 0. The van der Waals surface area contributed by atoms with Crippen LogP contribution in [0.1, 0.15) is 34.1 Å². The van der Waals surface area contributed by atoms with E-state index in [-0.39, 0.29) is 5.94 Å². The Morgan fingerprint density at radius 3 is 2.33 bits per heavy atom. The molecule has 0 radical (unpaired) electrons. The van der Waals surface area contributed by atoms with Crippen LogP contribution in [0.3, 0.4) is 0 Å². The number of carbonyl (C=O) groups is 1. The molecular formula is C12H20BNO4. The van der Waals surface area contributed by atoms with Crippen LogP contribution in [0.5, 0.6) is 0 Å². The number of hydrogen-bond acceptors (Lipinski definition) is 3. The van der Waals surface area contributed by atoms with Gasteiger partial charge in [-0.25, -0.2) is 4.79 Å². The monoisotopic (exact) mass is 253 g/mol. The van der Waals surface area contributed by atoms with Crippen molar-refractivity contribution in [1.82, 2.24) is 4.90 Å². The minimum atomic E-state index is -0.931. The number of carboxylic acid groups (broad SMARTS) is 1. The molecule has 0 spiro atoms. The van der Waals surface area contributed by atoms with Crippen molar-refractivity contribution in [2.45, 2.75) is 51.3 Å². The van der Waals surface area contributed by atoms with E-state index >= 15 is 0 Å². The predicted octanol–water partition coefficient (Wildman–Crippen LogP) is 1.93. The molecule has 0 aliphatic carbocycles. The summed E-state index contributed by atoms with van der Waals surface area (Å²) in [6.07, 6.45) is 3.53. The van der Waals surface area contributed by atoms with E-state index in [1.165, 1.54) is 4.90 Å². The number of amides is 1. The fourth-order valence-corrected chi connectivity index (χ4v) is 2.21. The number of nitrogens with zero attached hydrogens (tertiary/aromatic N) is 1. The second-order valence-corrected chi connectivity index (χ2v) is 5.83. The van der Waals surface area contributed by atoms with Crippen molar-refractivity contribution < 1.29 is 19.2 Å². The molecule has 2 heterocycles. The van der Waals surface area contributed by atoms with Gasteiger partial charge in [-0.3, -0.25) is 0 Å². The van der Waals surface area contributed by atoms with Crippen molar-refractivity contribution in [3.63, 3.8) is 0 Å². The van der Waals surface area contributed by atoms with Crippen LogP contribution in [0, 0.1) is 0 Å². The molecular weight excluding hydrogens is 233 g/mol. The molecule has 1 saturated heterocycles. The maximum absolute atomic E-state index is 11.2. The van der Waals surface area contributed by atoms with E-state index in [0.717, 1.165) is 0 Å². The van der Waals surface area contributed by atoms with Gasteiger partial charge in [-0.1, -0.05) is 12.2 Å². The lowest BCUT2D eigenvalue weighted by Crippen LogP contribution is -2.51. The zero-order chi connectivity index (χ0) is 13.6. The Bertz CT molecular complexity index is 364. The molecule has 5 nitrogen and oxygen atoms in total. The lowest BCUT2D eigenvalue weighted by Gasteiger charge is -2.32. The van der Waals surface area contributed by atoms with Gasteiger partial charge in [-0.2, -0.15) is 0 Å². The van der Waals surface area contributed by atoms with E-state index in [2.05, 4.69) is 0 Å². The molecule has 0 aromatic rings. The fourth-order valence-electron chi connectivity index (χ4n) is 2.21. The fraction of sp³-hybridized carbons (Fsp3) is 0.750. The van der Waals surface area contributed by atoms with E-state index in [0.29, 0.717) is 13.0 Å². The van der Waals surface area contributed by atoms with Gasteiger partial charge in [0.25, 0.3) is 0 Å². The Hall–Kier alpha value is -1.01. The number of hydrogen-bond donors (Lipinski definition) is 1. The first-order valence-corrected chi connectivity index (χ1v) is 6.25. The van der Waals surface area contributed by atoms with Crippen LogP contribution in [0.15, 0.2) is 12.2 Å². The Morgan fingerprint density at radius 1 is 1.28 bits per heavy atom. The average molecular weight is 253 g/mol. The second kappa shape index (κ2) is 4.28. The van der Waals surface area contributed by atoms with Crippen molar-refractivity contribution in [2.75, 3.05) is 6.54 Å². The summed E-state index contributed by atoms with van der Waals surface area (Å²) < 4.78 is 11.8. The highest BCUT2D eigenvalue weighted by atomic mass is 16.7. The molecule has 2 rings (SSSR count). The van der Waals surface area contributed by atoms with Gasteiger partial charge in [0.15, 0.2) is 0 Å². The molecule has 1 amide bonds. The van der Waals surface area contributed by atoms with E-state index < -0.39 is 24.4 Å². The zero-order valence-electron chi connectivity index (χ0n) is 11.3. The highest BCUT2D eigenvalue weighted by Gasteiger charge is 2.55. The van der Waals surface area contributed by atoms with E-state index in [1.807, 2.05) is 39.8 Å². The van der Waals surface area contributed by atoms with Crippen molar-refractivity contribution in [2.24, 2.45) is 0 Å². The molecule has 18 heavy (non-hydrogen) atoms. The molecule has 2 aliphatic heterocycles. The highest BCUT2D eigenvalue weighted by molar-refractivity contribution is 6.48. The highest BCUT2D eigenvalue weighted by Crippen LogP contribution is 2.39. The molecule has 0 aromatic carbocycles. The molecule has 6 heteroatoms. The van der Waals surface area contributed by atoms with Crippen LogP contribution in [-0.2, 0) is 9.31 Å². The normalized spacial score (nSPS) is 29.7. The molecule has 0 saturated carbocycles. The number of rotatable bonds is 1. The van der Waals surface area contributed by atoms with Gasteiger partial charge in [-0.05, 0) is 34.1 Å². The lowest BCUT2D eigenvalue weighted by atomic mass is 9.74. The molecule has 100 valence electrons. The third-order valence-electron chi connectivity index (χ3n) is 4.08. The van der Waals surface area contributed by atoms with Crippen LogP contribution < -0.4 is 0 Å². The van der Waals surface area contributed by atoms with Gasteiger partial charge in [0.05, 0.1) is 17.1 Å². The van der Waals surface area contributed by atoms with Gasteiger partial charge in [0.2, 0.25) is 0 Å². The van der Waals surface area contributed by atoms with Gasteiger partial charge >= 0.3 is 13.2 Å². The van der Waals surface area contributed by atoms with E-state index in [1.54, 1.807) is 0 Å². The van der Waals surface area contributed by atoms with Gasteiger partial charge in [0.1, 0.15) is 0 Å². The molecule has 0 bridgehead atoms. The minimum absolute atomic E-state index is 0.270. The summed E-state index contributed by atoms with van der Waals surface area (Å²) in [5.74, 6) is -0.270. The Morgan fingerprint density at radius 2 is 1.83 bits per heavy atom. The van der Waals surface area contributed by atoms with Crippen molar-refractivity contribution >= 4 is 13.2 Å². The maximum atomic E-state index is 11.2. The van der Waals surface area contributed by atoms with Crippen LogP contribution in [0.25, 0.3) is 0 Å². The van der Waals surface area contributed by atoms with E-state index in [9.17, 15) is 9.90 Å². The summed E-state index contributed by atoms with van der Waals surface area (Å²) in [5, 5.41) is 9.21. The smallest absolute Gasteiger partial charge is 0.465 e. The molecule has 1 atom stereocenters. The van der Waals surface area contributed by atoms with Gasteiger partial charge in [-0.15, -0.1) is 0 Å². The van der Waals surface area contributed by atoms with Crippen molar-refractivity contribution in [3.8, 4) is 0 Å². The summed E-state index contributed by atoms with van der Waals surface area (Å²) in [4.78, 5) is 12.6.